The quantitative estimate of drug-likeness (QED) is 0.882. The molecule has 4 nitrogen and oxygen atoms in total. The lowest BCUT2D eigenvalue weighted by Gasteiger charge is -2.34. The van der Waals surface area contributed by atoms with E-state index in [0.29, 0.717) is 17.8 Å². The third kappa shape index (κ3) is 2.53. The van der Waals surface area contributed by atoms with E-state index in [1.165, 1.54) is 10.6 Å². The molecule has 1 aliphatic rings. The number of H-pyrrole nitrogens is 1. The van der Waals surface area contributed by atoms with Crippen molar-refractivity contribution >= 4 is 17.2 Å². The predicted octanol–water partition coefficient (Wildman–Crippen LogP) is 3.08. The van der Waals surface area contributed by atoms with Gasteiger partial charge < -0.3 is 10.5 Å². The normalized spacial score (nSPS) is 22.4. The van der Waals surface area contributed by atoms with E-state index in [0.717, 1.165) is 31.4 Å². The summed E-state index contributed by atoms with van der Waals surface area (Å²) in [5.74, 6) is 1.30. The molecule has 5 heteroatoms. The number of thiophene rings is 1. The number of hydrogen-bond acceptors (Lipinski definition) is 4. The molecule has 0 aromatic carbocycles. The zero-order valence-corrected chi connectivity index (χ0v) is 11.9. The van der Waals surface area contributed by atoms with E-state index in [1.807, 2.05) is 6.07 Å². The summed E-state index contributed by atoms with van der Waals surface area (Å²) < 4.78 is 5.60. The summed E-state index contributed by atoms with van der Waals surface area (Å²) in [6.07, 6.45) is 3.77. The van der Waals surface area contributed by atoms with Gasteiger partial charge in [0, 0.05) is 17.2 Å². The number of nitrogens with one attached hydrogen (secondary N) is 1. The van der Waals surface area contributed by atoms with E-state index in [2.05, 4.69) is 28.6 Å². The first-order valence-corrected chi connectivity index (χ1v) is 7.64. The monoisotopic (exact) mass is 277 g/mol. The molecular weight excluding hydrogens is 258 g/mol. The van der Waals surface area contributed by atoms with Crippen molar-refractivity contribution < 1.29 is 4.74 Å². The van der Waals surface area contributed by atoms with E-state index in [4.69, 9.17) is 10.5 Å². The molecule has 0 radical (unpaired) electrons. The lowest BCUT2D eigenvalue weighted by Crippen LogP contribution is -2.32. The molecule has 1 fully saturated rings. The number of aromatic amines is 1. The molecule has 3 rings (SSSR count). The van der Waals surface area contributed by atoms with Crippen LogP contribution in [-0.2, 0) is 11.2 Å². The predicted molar refractivity (Wildman–Crippen MR) is 78.2 cm³/mol. The van der Waals surface area contributed by atoms with Gasteiger partial charge in [-0.3, -0.25) is 5.10 Å². The van der Waals surface area contributed by atoms with Gasteiger partial charge in [0.25, 0.3) is 0 Å². The van der Waals surface area contributed by atoms with Crippen molar-refractivity contribution in [3.05, 3.63) is 23.2 Å². The smallest absolute Gasteiger partial charge is 0.154 e. The number of nitrogens with zero attached hydrogens (tertiary/aromatic N) is 1. The highest BCUT2D eigenvalue weighted by molar-refractivity contribution is 7.13. The van der Waals surface area contributed by atoms with E-state index in [1.54, 1.807) is 11.3 Å². The Morgan fingerprint density at radius 2 is 2.37 bits per heavy atom. The summed E-state index contributed by atoms with van der Waals surface area (Å²) in [7, 11) is 0. The summed E-state index contributed by atoms with van der Waals surface area (Å²) in [4.78, 5) is 1.20. The number of rotatable bonds is 5. The Balaban J connectivity index is 1.70. The molecule has 2 heterocycles. The van der Waals surface area contributed by atoms with Crippen LogP contribution in [0.2, 0.25) is 0 Å². The molecule has 0 spiro atoms. The van der Waals surface area contributed by atoms with Crippen molar-refractivity contribution in [1.82, 2.24) is 10.2 Å². The molecule has 19 heavy (non-hydrogen) atoms. The highest BCUT2D eigenvalue weighted by Gasteiger charge is 2.31. The Morgan fingerprint density at radius 3 is 3.05 bits per heavy atom. The zero-order chi connectivity index (χ0) is 13.2. The number of anilines is 1. The van der Waals surface area contributed by atoms with E-state index in [-0.39, 0.29) is 0 Å². The fourth-order valence-corrected chi connectivity index (χ4v) is 3.55. The Bertz CT molecular complexity index is 529. The van der Waals surface area contributed by atoms with Gasteiger partial charge in [-0.1, -0.05) is 6.07 Å². The van der Waals surface area contributed by atoms with Crippen LogP contribution in [0.5, 0.6) is 0 Å². The average molecular weight is 277 g/mol. The Morgan fingerprint density at radius 1 is 1.53 bits per heavy atom. The largest absolute Gasteiger partial charge is 0.382 e. The topological polar surface area (TPSA) is 63.9 Å². The van der Waals surface area contributed by atoms with E-state index in [9.17, 15) is 0 Å². The Labute approximate surface area is 117 Å². The summed E-state index contributed by atoms with van der Waals surface area (Å²) in [6, 6.07) is 4.14. The maximum absolute atomic E-state index is 5.98. The molecule has 3 N–H and O–H groups in total. The molecular formula is C14H19N3OS. The van der Waals surface area contributed by atoms with Crippen LogP contribution in [0.25, 0.3) is 10.4 Å². The second-order valence-electron chi connectivity index (χ2n) is 5.06. The highest BCUT2D eigenvalue weighted by Crippen LogP contribution is 2.37. The Hall–Kier alpha value is -1.33. The first kappa shape index (κ1) is 12.7. The molecule has 0 atom stereocenters. The zero-order valence-electron chi connectivity index (χ0n) is 11.1. The van der Waals surface area contributed by atoms with Crippen LogP contribution in [-0.4, -0.2) is 22.9 Å². The van der Waals surface area contributed by atoms with Crippen LogP contribution in [0.15, 0.2) is 17.5 Å². The first-order chi connectivity index (χ1) is 9.28. The standard InChI is InChI=1S/C14H19N3OS/c1-2-18-10-6-9(7-10)8-11-13(14(15)17-16-11)12-4-3-5-19-12/h3-5,9-10H,2,6-8H2,1H3,(H3,15,16,17). The number of ether oxygens (including phenoxy) is 1. The molecule has 0 saturated heterocycles. The average Bonchev–Trinajstić information content (AvgIpc) is 2.96. The molecule has 2 aromatic rings. The van der Waals surface area contributed by atoms with Gasteiger partial charge in [-0.2, -0.15) is 5.10 Å². The molecule has 0 aliphatic heterocycles. The lowest BCUT2D eigenvalue weighted by atomic mass is 9.79. The summed E-state index contributed by atoms with van der Waals surface area (Å²) in [5, 5.41) is 9.34. The van der Waals surface area contributed by atoms with Gasteiger partial charge in [-0.15, -0.1) is 11.3 Å². The van der Waals surface area contributed by atoms with Gasteiger partial charge in [0.2, 0.25) is 0 Å². The van der Waals surface area contributed by atoms with Crippen molar-refractivity contribution in [2.45, 2.75) is 32.3 Å². The third-order valence-corrected chi connectivity index (χ3v) is 4.61. The lowest BCUT2D eigenvalue weighted by molar-refractivity contribution is -0.0242. The number of aromatic nitrogens is 2. The van der Waals surface area contributed by atoms with Crippen LogP contribution in [0.1, 0.15) is 25.5 Å². The van der Waals surface area contributed by atoms with Crippen LogP contribution >= 0.6 is 11.3 Å². The molecule has 1 aliphatic carbocycles. The van der Waals surface area contributed by atoms with Crippen LogP contribution < -0.4 is 5.73 Å². The molecule has 2 aromatic heterocycles. The third-order valence-electron chi connectivity index (χ3n) is 3.72. The van der Waals surface area contributed by atoms with Crippen LogP contribution in [0, 0.1) is 5.92 Å². The van der Waals surface area contributed by atoms with Gasteiger partial charge in [-0.05, 0) is 43.6 Å². The van der Waals surface area contributed by atoms with Gasteiger partial charge in [0.05, 0.1) is 11.7 Å². The molecule has 0 unspecified atom stereocenters. The minimum absolute atomic E-state index is 0.459. The molecule has 1 saturated carbocycles. The Kier molecular flexibility index (Phi) is 3.57. The van der Waals surface area contributed by atoms with E-state index >= 15 is 0 Å². The maximum Gasteiger partial charge on any atom is 0.154 e. The second-order valence-corrected chi connectivity index (χ2v) is 6.01. The van der Waals surface area contributed by atoms with Crippen LogP contribution in [0.3, 0.4) is 0 Å². The SMILES string of the molecule is CCOC1CC(Cc2[nH]nc(N)c2-c2cccs2)C1. The molecule has 102 valence electrons. The minimum atomic E-state index is 0.459. The van der Waals surface area contributed by atoms with Crippen molar-refractivity contribution in [3.63, 3.8) is 0 Å². The van der Waals surface area contributed by atoms with Gasteiger partial charge in [0.1, 0.15) is 0 Å². The van der Waals surface area contributed by atoms with E-state index < -0.39 is 0 Å². The van der Waals surface area contributed by atoms with Gasteiger partial charge in [0.15, 0.2) is 5.82 Å². The molecule has 0 bridgehead atoms. The first-order valence-electron chi connectivity index (χ1n) is 6.76. The fourth-order valence-electron chi connectivity index (χ4n) is 2.74. The summed E-state index contributed by atoms with van der Waals surface area (Å²) in [6.45, 7) is 2.87. The maximum atomic E-state index is 5.98. The minimum Gasteiger partial charge on any atom is -0.382 e. The second kappa shape index (κ2) is 5.35. The summed E-state index contributed by atoms with van der Waals surface area (Å²) >= 11 is 1.71. The number of nitrogens with two attached hydrogens (primary N) is 1. The summed E-state index contributed by atoms with van der Waals surface area (Å²) in [5.41, 5.74) is 8.24. The van der Waals surface area contributed by atoms with Crippen molar-refractivity contribution in [1.29, 1.82) is 0 Å². The van der Waals surface area contributed by atoms with Crippen LogP contribution in [0.4, 0.5) is 5.82 Å². The van der Waals surface area contributed by atoms with Crippen molar-refractivity contribution in [2.75, 3.05) is 12.3 Å². The fraction of sp³-hybridized carbons (Fsp3) is 0.500. The number of nitrogen functional groups attached to an aromatic ring is 1. The van der Waals surface area contributed by atoms with Gasteiger partial charge in [-0.25, -0.2) is 0 Å². The van der Waals surface area contributed by atoms with Gasteiger partial charge >= 0.3 is 0 Å². The van der Waals surface area contributed by atoms with Crippen molar-refractivity contribution in [3.8, 4) is 10.4 Å². The molecule has 0 amide bonds. The van der Waals surface area contributed by atoms with Crippen molar-refractivity contribution in [2.24, 2.45) is 5.92 Å². The highest BCUT2D eigenvalue weighted by atomic mass is 32.1. The number of hydrogen-bond donors (Lipinski definition) is 2.